The van der Waals surface area contributed by atoms with Crippen molar-refractivity contribution in [3.05, 3.63) is 82.9 Å². The summed E-state index contributed by atoms with van der Waals surface area (Å²) in [5.41, 5.74) is 1.11. The Bertz CT molecular complexity index is 1210. The van der Waals surface area contributed by atoms with Crippen molar-refractivity contribution in [2.24, 2.45) is 0 Å². The maximum absolute atomic E-state index is 13.3. The van der Waals surface area contributed by atoms with Crippen molar-refractivity contribution in [1.82, 2.24) is 0 Å². The largest absolute Gasteiger partial charge is 0.461 e. The molecular formula is C25H21ClF7NO3. The first-order valence-electron chi connectivity index (χ1n) is 10.7. The number of aliphatic hydroxyl groups excluding tert-OH is 1. The maximum atomic E-state index is 13.3. The molecule has 0 aliphatic heterocycles. The number of aliphatic hydroxyl groups is 1. The van der Waals surface area contributed by atoms with E-state index in [4.69, 9.17) is 16.3 Å². The fraction of sp³-hybridized carbons (Fsp3) is 0.280. The molecule has 0 unspecified atom stereocenters. The fourth-order valence-electron chi connectivity index (χ4n) is 3.26. The van der Waals surface area contributed by atoms with Gasteiger partial charge in [0, 0.05) is 23.3 Å². The highest BCUT2D eigenvalue weighted by molar-refractivity contribution is 6.31. The van der Waals surface area contributed by atoms with Gasteiger partial charge in [-0.05, 0) is 60.5 Å². The molecule has 0 heterocycles. The SMILES string of the molecule is Cc1cc(Oc2cccc(N(Cc3cccc(OC(F)(F)C(F)F)c3)C[C@@H](O)C(F)(F)F)c2)ccc1Cl. The van der Waals surface area contributed by atoms with Crippen LogP contribution in [-0.2, 0) is 6.54 Å². The van der Waals surface area contributed by atoms with Crippen LogP contribution >= 0.6 is 11.6 Å². The molecule has 37 heavy (non-hydrogen) atoms. The first kappa shape index (κ1) is 28.4. The molecule has 1 atom stereocenters. The highest BCUT2D eigenvalue weighted by atomic mass is 35.5. The fourth-order valence-corrected chi connectivity index (χ4v) is 3.38. The number of hydrogen-bond acceptors (Lipinski definition) is 4. The Balaban J connectivity index is 1.89. The number of alkyl halides is 7. The van der Waals surface area contributed by atoms with E-state index in [1.54, 1.807) is 31.2 Å². The summed E-state index contributed by atoms with van der Waals surface area (Å²) in [6.45, 7) is 0.542. The lowest BCUT2D eigenvalue weighted by molar-refractivity contribution is -0.253. The van der Waals surface area contributed by atoms with Gasteiger partial charge in [0.1, 0.15) is 17.2 Å². The maximum Gasteiger partial charge on any atom is 0.461 e. The number of aryl methyl sites for hydroxylation is 1. The zero-order chi connectivity index (χ0) is 27.4. The minimum absolute atomic E-state index is 0.164. The molecule has 0 amide bonds. The Hall–Kier alpha value is -3.18. The monoisotopic (exact) mass is 551 g/mol. The molecule has 0 spiro atoms. The van der Waals surface area contributed by atoms with Gasteiger partial charge < -0.3 is 19.5 Å². The molecule has 0 aliphatic carbocycles. The van der Waals surface area contributed by atoms with Crippen LogP contribution in [0.4, 0.5) is 36.4 Å². The van der Waals surface area contributed by atoms with Gasteiger partial charge in [-0.15, -0.1) is 0 Å². The van der Waals surface area contributed by atoms with Crippen molar-refractivity contribution >= 4 is 17.3 Å². The molecule has 4 nitrogen and oxygen atoms in total. The summed E-state index contributed by atoms with van der Waals surface area (Å²) in [4.78, 5) is 1.14. The van der Waals surface area contributed by atoms with Crippen LogP contribution in [0.25, 0.3) is 0 Å². The van der Waals surface area contributed by atoms with Crippen LogP contribution in [0.2, 0.25) is 5.02 Å². The summed E-state index contributed by atoms with van der Waals surface area (Å²) in [6.07, 6.45) is -16.5. The van der Waals surface area contributed by atoms with E-state index in [0.717, 1.165) is 22.6 Å². The smallest absolute Gasteiger partial charge is 0.457 e. The highest BCUT2D eigenvalue weighted by Crippen LogP contribution is 2.32. The van der Waals surface area contributed by atoms with E-state index in [1.807, 2.05) is 0 Å². The van der Waals surface area contributed by atoms with Gasteiger partial charge in [-0.1, -0.05) is 29.8 Å². The Labute approximate surface area is 212 Å². The third kappa shape index (κ3) is 7.90. The normalized spacial score (nSPS) is 12.9. The molecule has 0 bridgehead atoms. The van der Waals surface area contributed by atoms with E-state index in [1.165, 1.54) is 30.3 Å². The first-order valence-corrected chi connectivity index (χ1v) is 11.1. The Morgan fingerprint density at radius 3 is 2.19 bits per heavy atom. The average molecular weight is 552 g/mol. The summed E-state index contributed by atoms with van der Waals surface area (Å²) in [5.74, 6) is 0.0828. The van der Waals surface area contributed by atoms with E-state index in [-0.39, 0.29) is 23.5 Å². The van der Waals surface area contributed by atoms with E-state index in [0.29, 0.717) is 10.8 Å². The molecule has 0 aliphatic rings. The van der Waals surface area contributed by atoms with Crippen LogP contribution in [0.15, 0.2) is 66.7 Å². The summed E-state index contributed by atoms with van der Waals surface area (Å²) in [7, 11) is 0. The number of anilines is 1. The van der Waals surface area contributed by atoms with E-state index in [9.17, 15) is 35.8 Å². The summed E-state index contributed by atoms with van der Waals surface area (Å²) < 4.78 is 101. The van der Waals surface area contributed by atoms with Crippen LogP contribution in [0.5, 0.6) is 17.2 Å². The minimum atomic E-state index is -4.93. The van der Waals surface area contributed by atoms with Crippen LogP contribution in [0, 0.1) is 6.92 Å². The Kier molecular flexibility index (Phi) is 8.80. The third-order valence-electron chi connectivity index (χ3n) is 5.10. The molecule has 3 rings (SSSR count). The number of nitrogens with zero attached hydrogens (tertiary/aromatic N) is 1. The number of hydrogen-bond donors (Lipinski definition) is 1. The average Bonchev–Trinajstić information content (AvgIpc) is 2.80. The van der Waals surface area contributed by atoms with Crippen LogP contribution in [0.3, 0.4) is 0 Å². The van der Waals surface area contributed by atoms with Crippen molar-refractivity contribution in [1.29, 1.82) is 0 Å². The predicted molar refractivity (Wildman–Crippen MR) is 124 cm³/mol. The molecule has 0 saturated heterocycles. The number of rotatable bonds is 10. The molecular weight excluding hydrogens is 531 g/mol. The van der Waals surface area contributed by atoms with Gasteiger partial charge in [-0.2, -0.15) is 30.7 Å². The molecule has 12 heteroatoms. The quantitative estimate of drug-likeness (QED) is 0.263. The van der Waals surface area contributed by atoms with Crippen molar-refractivity contribution < 1.29 is 45.3 Å². The Morgan fingerprint density at radius 1 is 0.892 bits per heavy atom. The van der Waals surface area contributed by atoms with E-state index < -0.39 is 37.1 Å². The topological polar surface area (TPSA) is 41.9 Å². The zero-order valence-corrected chi connectivity index (χ0v) is 19.9. The molecule has 0 fully saturated rings. The number of halogens is 8. The molecule has 200 valence electrons. The Morgan fingerprint density at radius 2 is 1.54 bits per heavy atom. The predicted octanol–water partition coefficient (Wildman–Crippen LogP) is 7.61. The van der Waals surface area contributed by atoms with Gasteiger partial charge >= 0.3 is 18.7 Å². The second-order valence-electron chi connectivity index (χ2n) is 8.06. The van der Waals surface area contributed by atoms with Gasteiger partial charge in [0.15, 0.2) is 6.10 Å². The van der Waals surface area contributed by atoms with E-state index >= 15 is 0 Å². The van der Waals surface area contributed by atoms with Crippen LogP contribution < -0.4 is 14.4 Å². The van der Waals surface area contributed by atoms with Gasteiger partial charge in [0.2, 0.25) is 0 Å². The van der Waals surface area contributed by atoms with Crippen molar-refractivity contribution in [2.75, 3.05) is 11.4 Å². The molecule has 3 aromatic carbocycles. The van der Waals surface area contributed by atoms with Gasteiger partial charge in [-0.25, -0.2) is 0 Å². The van der Waals surface area contributed by atoms with Crippen molar-refractivity contribution in [3.63, 3.8) is 0 Å². The molecule has 3 aromatic rings. The number of ether oxygens (including phenoxy) is 2. The van der Waals surface area contributed by atoms with Gasteiger partial charge in [0.25, 0.3) is 0 Å². The van der Waals surface area contributed by atoms with Gasteiger partial charge in [-0.3, -0.25) is 0 Å². The van der Waals surface area contributed by atoms with Crippen molar-refractivity contribution in [3.8, 4) is 17.2 Å². The second-order valence-corrected chi connectivity index (χ2v) is 8.47. The van der Waals surface area contributed by atoms with E-state index in [2.05, 4.69) is 4.74 Å². The number of benzene rings is 3. The molecule has 0 aromatic heterocycles. The third-order valence-corrected chi connectivity index (χ3v) is 5.52. The zero-order valence-electron chi connectivity index (χ0n) is 19.2. The lowest BCUT2D eigenvalue weighted by Crippen LogP contribution is -2.40. The summed E-state index contributed by atoms with van der Waals surface area (Å²) in [5, 5.41) is 10.2. The molecule has 0 saturated carbocycles. The lowest BCUT2D eigenvalue weighted by Gasteiger charge is -2.29. The minimum Gasteiger partial charge on any atom is -0.457 e. The summed E-state index contributed by atoms with van der Waals surface area (Å²) in [6, 6.07) is 15.5. The lowest BCUT2D eigenvalue weighted by atomic mass is 10.1. The van der Waals surface area contributed by atoms with Crippen LogP contribution in [0.1, 0.15) is 11.1 Å². The standard InChI is InChI=1S/C25H21ClF7NO3/c1-15-10-19(8-9-21(15)26)36-18-6-3-5-17(12-18)34(14-22(35)24(29,30)31)13-16-4-2-7-20(11-16)37-25(32,33)23(27)28/h2-12,22-23,35H,13-14H2,1H3/t22-/m1/s1. The second kappa shape index (κ2) is 11.5. The van der Waals surface area contributed by atoms with Crippen LogP contribution in [-0.4, -0.2) is 36.5 Å². The molecule has 0 radical (unpaired) electrons. The van der Waals surface area contributed by atoms with Crippen molar-refractivity contribution in [2.45, 2.75) is 38.3 Å². The first-order chi connectivity index (χ1) is 17.2. The highest BCUT2D eigenvalue weighted by Gasteiger charge is 2.44. The molecule has 1 N–H and O–H groups in total. The van der Waals surface area contributed by atoms with Gasteiger partial charge in [0.05, 0.1) is 6.54 Å². The summed E-state index contributed by atoms with van der Waals surface area (Å²) >= 11 is 6.01.